The third-order valence-corrected chi connectivity index (χ3v) is 4.76. The molecule has 0 radical (unpaired) electrons. The molecular weight excluding hydrogens is 399 g/mol. The Labute approximate surface area is 149 Å². The smallest absolute Gasteiger partial charge is 0.310 e. The Morgan fingerprint density at radius 1 is 0.913 bits per heavy atom. The molecule has 0 fully saturated rings. The molecule has 0 bridgehead atoms. The number of halogens is 1. The predicted octanol–water partition coefficient (Wildman–Crippen LogP) is 5.22. The van der Waals surface area contributed by atoms with Crippen LogP contribution in [-0.2, 0) is 16.0 Å². The van der Waals surface area contributed by atoms with Crippen LogP contribution in [0.5, 0.6) is 0 Å². The minimum absolute atomic E-state index is 0.181. The second-order valence-electron chi connectivity index (χ2n) is 5.28. The molecule has 23 heavy (non-hydrogen) atoms. The van der Waals surface area contributed by atoms with Crippen LogP contribution in [0.4, 0.5) is 0 Å². The SMILES string of the molecule is CCOC(=O)Cc1ccc(-c2ccccc2I)c2ccccc12. The molecular formula is C20H17IO2. The van der Waals surface area contributed by atoms with Gasteiger partial charge in [-0.3, -0.25) is 4.79 Å². The number of carbonyl (C=O) groups is 1. The van der Waals surface area contributed by atoms with Crippen molar-refractivity contribution in [3.63, 3.8) is 0 Å². The van der Waals surface area contributed by atoms with Crippen molar-refractivity contribution in [3.8, 4) is 11.1 Å². The minimum Gasteiger partial charge on any atom is -0.466 e. The van der Waals surface area contributed by atoms with E-state index in [2.05, 4.69) is 59.0 Å². The van der Waals surface area contributed by atoms with Crippen LogP contribution in [0.15, 0.2) is 60.7 Å². The lowest BCUT2D eigenvalue weighted by Gasteiger charge is -2.12. The Kier molecular flexibility index (Phi) is 4.96. The highest BCUT2D eigenvalue weighted by Gasteiger charge is 2.12. The van der Waals surface area contributed by atoms with Crippen molar-refractivity contribution in [2.24, 2.45) is 0 Å². The predicted molar refractivity (Wildman–Crippen MR) is 102 cm³/mol. The number of esters is 1. The van der Waals surface area contributed by atoms with Crippen LogP contribution in [-0.4, -0.2) is 12.6 Å². The highest BCUT2D eigenvalue weighted by Crippen LogP contribution is 2.33. The summed E-state index contributed by atoms with van der Waals surface area (Å²) in [5.74, 6) is -0.181. The number of ether oxygens (including phenoxy) is 1. The summed E-state index contributed by atoms with van der Waals surface area (Å²) < 4.78 is 6.30. The van der Waals surface area contributed by atoms with Gasteiger partial charge in [-0.1, -0.05) is 54.6 Å². The maximum absolute atomic E-state index is 11.8. The van der Waals surface area contributed by atoms with Gasteiger partial charge in [0.1, 0.15) is 0 Å². The van der Waals surface area contributed by atoms with E-state index in [1.807, 2.05) is 31.2 Å². The van der Waals surface area contributed by atoms with E-state index in [9.17, 15) is 4.79 Å². The molecule has 0 unspecified atom stereocenters. The molecule has 0 aliphatic heterocycles. The summed E-state index contributed by atoms with van der Waals surface area (Å²) in [5, 5.41) is 2.27. The molecule has 2 nitrogen and oxygen atoms in total. The van der Waals surface area contributed by atoms with Gasteiger partial charge in [-0.25, -0.2) is 0 Å². The van der Waals surface area contributed by atoms with Gasteiger partial charge in [-0.05, 0) is 63.0 Å². The molecule has 0 spiro atoms. The van der Waals surface area contributed by atoms with Crippen LogP contribution in [0.2, 0.25) is 0 Å². The van der Waals surface area contributed by atoms with Crippen molar-refractivity contribution < 1.29 is 9.53 Å². The summed E-state index contributed by atoms with van der Waals surface area (Å²) in [6, 6.07) is 20.7. The number of hydrogen-bond donors (Lipinski definition) is 0. The van der Waals surface area contributed by atoms with E-state index in [-0.39, 0.29) is 5.97 Å². The lowest BCUT2D eigenvalue weighted by Crippen LogP contribution is -2.07. The Hall–Kier alpha value is -1.88. The van der Waals surface area contributed by atoms with E-state index < -0.39 is 0 Å². The van der Waals surface area contributed by atoms with E-state index in [4.69, 9.17) is 4.74 Å². The fourth-order valence-corrected chi connectivity index (χ4v) is 3.48. The van der Waals surface area contributed by atoms with E-state index in [0.29, 0.717) is 13.0 Å². The van der Waals surface area contributed by atoms with E-state index in [1.54, 1.807) is 0 Å². The summed E-state index contributed by atoms with van der Waals surface area (Å²) in [7, 11) is 0. The summed E-state index contributed by atoms with van der Waals surface area (Å²) in [5.41, 5.74) is 3.42. The Morgan fingerprint density at radius 3 is 2.35 bits per heavy atom. The standard InChI is InChI=1S/C20H17IO2/c1-2-23-20(22)13-14-11-12-17(16-8-4-3-7-15(14)16)18-9-5-6-10-19(18)21/h3-12H,2,13H2,1H3. The van der Waals surface area contributed by atoms with Gasteiger partial charge in [0.05, 0.1) is 13.0 Å². The second-order valence-corrected chi connectivity index (χ2v) is 6.44. The van der Waals surface area contributed by atoms with E-state index in [0.717, 1.165) is 10.9 Å². The summed E-state index contributed by atoms with van der Waals surface area (Å²) >= 11 is 2.36. The van der Waals surface area contributed by atoms with Gasteiger partial charge >= 0.3 is 5.97 Å². The minimum atomic E-state index is -0.181. The highest BCUT2D eigenvalue weighted by atomic mass is 127. The van der Waals surface area contributed by atoms with Crippen LogP contribution in [0.1, 0.15) is 12.5 Å². The Balaban J connectivity index is 2.13. The zero-order valence-corrected chi connectivity index (χ0v) is 15.0. The molecule has 3 aromatic rings. The van der Waals surface area contributed by atoms with Gasteiger partial charge in [0, 0.05) is 3.57 Å². The van der Waals surface area contributed by atoms with Crippen molar-refractivity contribution >= 4 is 39.3 Å². The van der Waals surface area contributed by atoms with Crippen LogP contribution in [0.3, 0.4) is 0 Å². The van der Waals surface area contributed by atoms with E-state index >= 15 is 0 Å². The first-order valence-corrected chi connectivity index (χ1v) is 8.69. The number of hydrogen-bond acceptors (Lipinski definition) is 2. The number of fused-ring (bicyclic) bond motifs is 1. The second kappa shape index (κ2) is 7.13. The van der Waals surface area contributed by atoms with Crippen LogP contribution < -0.4 is 0 Å². The molecule has 116 valence electrons. The first-order valence-electron chi connectivity index (χ1n) is 7.62. The lowest BCUT2D eigenvalue weighted by atomic mass is 9.94. The molecule has 0 aliphatic rings. The molecule has 3 aromatic carbocycles. The molecule has 3 heteroatoms. The number of benzene rings is 3. The number of carbonyl (C=O) groups excluding carboxylic acids is 1. The highest BCUT2D eigenvalue weighted by molar-refractivity contribution is 14.1. The average Bonchev–Trinajstić information content (AvgIpc) is 2.56. The van der Waals surface area contributed by atoms with Gasteiger partial charge in [0.25, 0.3) is 0 Å². The normalized spacial score (nSPS) is 10.7. The molecule has 0 heterocycles. The zero-order chi connectivity index (χ0) is 16.2. The molecule has 3 rings (SSSR count). The summed E-state index contributed by atoms with van der Waals surface area (Å²) in [4.78, 5) is 11.8. The fraction of sp³-hybridized carbons (Fsp3) is 0.150. The van der Waals surface area contributed by atoms with E-state index in [1.165, 1.54) is 20.1 Å². The largest absolute Gasteiger partial charge is 0.466 e. The average molecular weight is 416 g/mol. The van der Waals surface area contributed by atoms with Gasteiger partial charge in [0.15, 0.2) is 0 Å². The molecule has 0 atom stereocenters. The quantitative estimate of drug-likeness (QED) is 0.431. The van der Waals surface area contributed by atoms with Crippen molar-refractivity contribution in [1.29, 1.82) is 0 Å². The van der Waals surface area contributed by atoms with Gasteiger partial charge in [0.2, 0.25) is 0 Å². The first kappa shape index (κ1) is 16.0. The van der Waals surface area contributed by atoms with Crippen LogP contribution in [0.25, 0.3) is 21.9 Å². The van der Waals surface area contributed by atoms with Crippen LogP contribution >= 0.6 is 22.6 Å². The first-order chi connectivity index (χ1) is 11.2. The maximum Gasteiger partial charge on any atom is 0.310 e. The molecule has 0 saturated carbocycles. The van der Waals surface area contributed by atoms with Crippen molar-refractivity contribution in [1.82, 2.24) is 0 Å². The number of rotatable bonds is 4. The Bertz CT molecular complexity index is 855. The fourth-order valence-electron chi connectivity index (χ4n) is 2.80. The van der Waals surface area contributed by atoms with Gasteiger partial charge in [-0.15, -0.1) is 0 Å². The third kappa shape index (κ3) is 3.39. The van der Waals surface area contributed by atoms with Crippen molar-refractivity contribution in [3.05, 3.63) is 69.8 Å². The summed E-state index contributed by atoms with van der Waals surface area (Å²) in [6.07, 6.45) is 0.306. The van der Waals surface area contributed by atoms with Gasteiger partial charge in [-0.2, -0.15) is 0 Å². The molecule has 0 amide bonds. The molecule has 0 aliphatic carbocycles. The van der Waals surface area contributed by atoms with Crippen LogP contribution in [0, 0.1) is 3.57 Å². The topological polar surface area (TPSA) is 26.3 Å². The summed E-state index contributed by atoms with van der Waals surface area (Å²) in [6.45, 7) is 2.24. The molecule has 0 aromatic heterocycles. The lowest BCUT2D eigenvalue weighted by molar-refractivity contribution is -0.142. The maximum atomic E-state index is 11.8. The molecule has 0 N–H and O–H groups in total. The monoisotopic (exact) mass is 416 g/mol. The van der Waals surface area contributed by atoms with Crippen molar-refractivity contribution in [2.75, 3.05) is 6.61 Å². The molecule has 0 saturated heterocycles. The van der Waals surface area contributed by atoms with Crippen molar-refractivity contribution in [2.45, 2.75) is 13.3 Å². The van der Waals surface area contributed by atoms with Gasteiger partial charge < -0.3 is 4.74 Å². The Morgan fingerprint density at radius 2 is 1.61 bits per heavy atom. The zero-order valence-electron chi connectivity index (χ0n) is 12.9. The third-order valence-electron chi connectivity index (χ3n) is 3.82.